The molecule has 1 heterocycles. The minimum atomic E-state index is 0.780. The molecule has 1 aliphatic heterocycles. The monoisotopic (exact) mass is 286 g/mol. The Kier molecular flexibility index (Phi) is 5.32. The van der Waals surface area contributed by atoms with Gasteiger partial charge >= 0.3 is 0 Å². The van der Waals surface area contributed by atoms with Crippen LogP contribution in [0.1, 0.15) is 56.9 Å². The second-order valence-corrected chi connectivity index (χ2v) is 6.75. The van der Waals surface area contributed by atoms with Crippen LogP contribution in [0.3, 0.4) is 0 Å². The van der Waals surface area contributed by atoms with Crippen LogP contribution in [0.2, 0.25) is 0 Å². The SMILES string of the molecule is CCN(C1CCC(c2ccccc2)CC1)C1CCCNC1. The Hall–Kier alpha value is -0.860. The van der Waals surface area contributed by atoms with Gasteiger partial charge in [0.1, 0.15) is 0 Å². The second kappa shape index (κ2) is 7.42. The Morgan fingerprint density at radius 1 is 1.00 bits per heavy atom. The Morgan fingerprint density at radius 3 is 2.38 bits per heavy atom. The van der Waals surface area contributed by atoms with Gasteiger partial charge in [-0.15, -0.1) is 0 Å². The molecule has 0 spiro atoms. The molecule has 1 aliphatic carbocycles. The summed E-state index contributed by atoms with van der Waals surface area (Å²) in [5.74, 6) is 0.797. The summed E-state index contributed by atoms with van der Waals surface area (Å²) < 4.78 is 0. The molecular formula is C19H30N2. The molecule has 0 amide bonds. The van der Waals surface area contributed by atoms with Gasteiger partial charge in [0.2, 0.25) is 0 Å². The van der Waals surface area contributed by atoms with Gasteiger partial charge in [-0.1, -0.05) is 37.3 Å². The topological polar surface area (TPSA) is 15.3 Å². The van der Waals surface area contributed by atoms with E-state index in [1.54, 1.807) is 5.56 Å². The third kappa shape index (κ3) is 3.67. The second-order valence-electron chi connectivity index (χ2n) is 6.75. The number of hydrogen-bond donors (Lipinski definition) is 1. The quantitative estimate of drug-likeness (QED) is 0.906. The predicted octanol–water partition coefficient (Wildman–Crippen LogP) is 3.79. The zero-order valence-electron chi connectivity index (χ0n) is 13.4. The first-order valence-electron chi connectivity index (χ1n) is 8.90. The molecule has 2 heteroatoms. The van der Waals surface area contributed by atoms with Crippen LogP contribution in [-0.2, 0) is 0 Å². The minimum absolute atomic E-state index is 0.780. The third-order valence-electron chi connectivity index (χ3n) is 5.54. The van der Waals surface area contributed by atoms with Crippen LogP contribution in [0.5, 0.6) is 0 Å². The van der Waals surface area contributed by atoms with Crippen LogP contribution < -0.4 is 5.32 Å². The molecule has 0 radical (unpaired) electrons. The lowest BCUT2D eigenvalue weighted by molar-refractivity contribution is 0.0898. The van der Waals surface area contributed by atoms with E-state index < -0.39 is 0 Å². The first-order chi connectivity index (χ1) is 10.4. The molecule has 1 unspecified atom stereocenters. The van der Waals surface area contributed by atoms with Crippen molar-refractivity contribution in [1.29, 1.82) is 0 Å². The van der Waals surface area contributed by atoms with E-state index in [1.807, 2.05) is 0 Å². The summed E-state index contributed by atoms with van der Waals surface area (Å²) in [4.78, 5) is 2.80. The molecule has 1 atom stereocenters. The summed E-state index contributed by atoms with van der Waals surface area (Å²) in [6.07, 6.45) is 8.23. The predicted molar refractivity (Wildman–Crippen MR) is 89.7 cm³/mol. The molecule has 1 N–H and O–H groups in total. The molecule has 1 saturated carbocycles. The summed E-state index contributed by atoms with van der Waals surface area (Å²) in [5, 5.41) is 3.58. The van der Waals surface area contributed by atoms with E-state index in [9.17, 15) is 0 Å². The van der Waals surface area contributed by atoms with Crippen molar-refractivity contribution >= 4 is 0 Å². The van der Waals surface area contributed by atoms with Crippen molar-refractivity contribution in [2.75, 3.05) is 19.6 Å². The highest BCUT2D eigenvalue weighted by atomic mass is 15.2. The number of likely N-dealkylation sites (N-methyl/N-ethyl adjacent to an activating group) is 1. The molecule has 2 nitrogen and oxygen atoms in total. The molecule has 0 bridgehead atoms. The van der Waals surface area contributed by atoms with E-state index in [0.29, 0.717) is 0 Å². The van der Waals surface area contributed by atoms with E-state index in [0.717, 1.165) is 18.0 Å². The van der Waals surface area contributed by atoms with E-state index >= 15 is 0 Å². The first kappa shape index (κ1) is 15.1. The Labute approximate surface area is 129 Å². The number of benzene rings is 1. The molecule has 1 saturated heterocycles. The zero-order chi connectivity index (χ0) is 14.5. The Bertz CT molecular complexity index is 403. The Morgan fingerprint density at radius 2 is 1.76 bits per heavy atom. The highest BCUT2D eigenvalue weighted by molar-refractivity contribution is 5.20. The van der Waals surface area contributed by atoms with Crippen molar-refractivity contribution in [2.45, 2.75) is 63.5 Å². The maximum Gasteiger partial charge on any atom is 0.0223 e. The maximum atomic E-state index is 3.58. The van der Waals surface area contributed by atoms with Crippen molar-refractivity contribution in [2.24, 2.45) is 0 Å². The lowest BCUT2D eigenvalue weighted by Gasteiger charge is -2.42. The van der Waals surface area contributed by atoms with Gasteiger partial charge in [-0.25, -0.2) is 0 Å². The fourth-order valence-corrected chi connectivity index (χ4v) is 4.40. The minimum Gasteiger partial charge on any atom is -0.315 e. The van der Waals surface area contributed by atoms with Crippen LogP contribution >= 0.6 is 0 Å². The van der Waals surface area contributed by atoms with Gasteiger partial charge in [-0.2, -0.15) is 0 Å². The van der Waals surface area contributed by atoms with Gasteiger partial charge in [0.25, 0.3) is 0 Å². The summed E-state index contributed by atoms with van der Waals surface area (Å²) >= 11 is 0. The maximum absolute atomic E-state index is 3.58. The van der Waals surface area contributed by atoms with Gasteiger partial charge in [0.05, 0.1) is 0 Å². The highest BCUT2D eigenvalue weighted by Crippen LogP contribution is 2.35. The van der Waals surface area contributed by atoms with Crippen molar-refractivity contribution in [3.8, 4) is 0 Å². The van der Waals surface area contributed by atoms with Crippen LogP contribution in [-0.4, -0.2) is 36.6 Å². The fourth-order valence-electron chi connectivity index (χ4n) is 4.40. The number of hydrogen-bond acceptors (Lipinski definition) is 2. The molecule has 1 aromatic rings. The van der Waals surface area contributed by atoms with E-state index in [4.69, 9.17) is 0 Å². The van der Waals surface area contributed by atoms with Crippen LogP contribution in [0.25, 0.3) is 0 Å². The molecule has 1 aromatic carbocycles. The van der Waals surface area contributed by atoms with Crippen LogP contribution in [0, 0.1) is 0 Å². The standard InChI is InChI=1S/C19H30N2/c1-2-21(19-9-6-14-20-15-19)18-12-10-17(11-13-18)16-7-4-3-5-8-16/h3-5,7-8,17-20H,2,6,9-15H2,1H3. The van der Waals surface area contributed by atoms with Crippen molar-refractivity contribution in [3.05, 3.63) is 35.9 Å². The average molecular weight is 286 g/mol. The van der Waals surface area contributed by atoms with E-state index in [2.05, 4.69) is 47.5 Å². The van der Waals surface area contributed by atoms with E-state index in [1.165, 1.54) is 58.2 Å². The summed E-state index contributed by atoms with van der Waals surface area (Å²) in [7, 11) is 0. The molecule has 0 aromatic heterocycles. The molecule has 3 rings (SSSR count). The number of nitrogens with zero attached hydrogens (tertiary/aromatic N) is 1. The summed E-state index contributed by atoms with van der Waals surface area (Å²) in [6, 6.07) is 12.7. The molecule has 2 aliphatic rings. The van der Waals surface area contributed by atoms with Gasteiger partial charge < -0.3 is 5.32 Å². The van der Waals surface area contributed by atoms with Gasteiger partial charge in [-0.05, 0) is 63.1 Å². The lowest BCUT2D eigenvalue weighted by atomic mass is 9.80. The van der Waals surface area contributed by atoms with Crippen molar-refractivity contribution in [1.82, 2.24) is 10.2 Å². The molecule has 21 heavy (non-hydrogen) atoms. The van der Waals surface area contributed by atoms with Gasteiger partial charge in [0, 0.05) is 18.6 Å². The third-order valence-corrected chi connectivity index (χ3v) is 5.54. The van der Waals surface area contributed by atoms with Crippen molar-refractivity contribution in [3.63, 3.8) is 0 Å². The van der Waals surface area contributed by atoms with E-state index in [-0.39, 0.29) is 0 Å². The van der Waals surface area contributed by atoms with Gasteiger partial charge in [0.15, 0.2) is 0 Å². The molecule has 2 fully saturated rings. The smallest absolute Gasteiger partial charge is 0.0223 e. The van der Waals surface area contributed by atoms with Gasteiger partial charge in [-0.3, -0.25) is 4.90 Å². The lowest BCUT2D eigenvalue weighted by Crippen LogP contribution is -2.51. The first-order valence-corrected chi connectivity index (χ1v) is 8.90. The number of piperidine rings is 1. The molecular weight excluding hydrogens is 256 g/mol. The zero-order valence-corrected chi connectivity index (χ0v) is 13.4. The Balaban J connectivity index is 1.56. The summed E-state index contributed by atoms with van der Waals surface area (Å²) in [5.41, 5.74) is 1.55. The largest absolute Gasteiger partial charge is 0.315 e. The van der Waals surface area contributed by atoms with Crippen LogP contribution in [0.4, 0.5) is 0 Å². The number of rotatable bonds is 4. The fraction of sp³-hybridized carbons (Fsp3) is 0.684. The number of nitrogens with one attached hydrogen (secondary N) is 1. The highest BCUT2D eigenvalue weighted by Gasteiger charge is 2.30. The van der Waals surface area contributed by atoms with Crippen molar-refractivity contribution < 1.29 is 0 Å². The average Bonchev–Trinajstić information content (AvgIpc) is 2.58. The molecule has 116 valence electrons. The van der Waals surface area contributed by atoms with Crippen LogP contribution in [0.15, 0.2) is 30.3 Å². The summed E-state index contributed by atoms with van der Waals surface area (Å²) in [6.45, 7) is 5.98. The normalized spacial score (nSPS) is 30.5.